The number of halogens is 1. The molecule has 174 valence electrons. The van der Waals surface area contributed by atoms with Gasteiger partial charge in [-0.1, -0.05) is 0 Å². The molecular formula is C24H28FN5O3. The second-order valence-corrected chi connectivity index (χ2v) is 8.78. The van der Waals surface area contributed by atoms with Gasteiger partial charge in [-0.05, 0) is 56.5 Å². The lowest BCUT2D eigenvalue weighted by atomic mass is 10.0. The summed E-state index contributed by atoms with van der Waals surface area (Å²) in [4.78, 5) is 44.1. The molecule has 8 nitrogen and oxygen atoms in total. The number of amides is 4. The summed E-state index contributed by atoms with van der Waals surface area (Å²) in [5.74, 6) is -0.924. The second-order valence-electron chi connectivity index (χ2n) is 8.78. The summed E-state index contributed by atoms with van der Waals surface area (Å²) >= 11 is 0. The Balaban J connectivity index is 1.50. The normalized spacial score (nSPS) is 17.2. The number of urea groups is 1. The number of rotatable bonds is 3. The van der Waals surface area contributed by atoms with Crippen LogP contribution in [0.25, 0.3) is 11.6 Å². The van der Waals surface area contributed by atoms with Crippen LogP contribution in [0.3, 0.4) is 0 Å². The van der Waals surface area contributed by atoms with Crippen molar-refractivity contribution in [2.45, 2.75) is 32.7 Å². The minimum absolute atomic E-state index is 0.0188. The second kappa shape index (κ2) is 8.73. The zero-order valence-electron chi connectivity index (χ0n) is 19.2. The number of benzene rings is 1. The number of piperidine rings is 1. The number of carbonyl (C=O) groups is 3. The Labute approximate surface area is 191 Å². The van der Waals surface area contributed by atoms with E-state index in [0.29, 0.717) is 59.7 Å². The maximum absolute atomic E-state index is 13.7. The van der Waals surface area contributed by atoms with Gasteiger partial charge >= 0.3 is 6.03 Å². The highest BCUT2D eigenvalue weighted by atomic mass is 19.1. The van der Waals surface area contributed by atoms with E-state index < -0.39 is 5.82 Å². The molecule has 1 aromatic carbocycles. The van der Waals surface area contributed by atoms with Crippen LogP contribution in [-0.4, -0.2) is 65.9 Å². The molecule has 2 aliphatic heterocycles. The van der Waals surface area contributed by atoms with Gasteiger partial charge in [-0.25, -0.2) is 9.18 Å². The third kappa shape index (κ3) is 4.35. The lowest BCUT2D eigenvalue weighted by molar-refractivity contribution is -0.110. The molecule has 0 radical (unpaired) electrons. The summed E-state index contributed by atoms with van der Waals surface area (Å²) in [7, 11) is 3.45. The quantitative estimate of drug-likeness (QED) is 0.623. The molecule has 3 heterocycles. The predicted octanol–water partition coefficient (Wildman–Crippen LogP) is 3.14. The van der Waals surface area contributed by atoms with Crippen LogP contribution >= 0.6 is 0 Å². The number of aromatic amines is 1. The van der Waals surface area contributed by atoms with E-state index >= 15 is 0 Å². The first-order chi connectivity index (χ1) is 15.7. The van der Waals surface area contributed by atoms with Gasteiger partial charge in [-0.3, -0.25) is 9.59 Å². The SMILES string of the molecule is Cc1[nH]c(/C=C2\C(=O)Nc3ccc(F)cc32)c(C)c1C(=O)NC1CCN(C(=O)N(C)C)CC1. The van der Waals surface area contributed by atoms with E-state index in [-0.39, 0.29) is 23.9 Å². The van der Waals surface area contributed by atoms with E-state index in [2.05, 4.69) is 15.6 Å². The van der Waals surface area contributed by atoms with E-state index in [1.165, 1.54) is 18.2 Å². The van der Waals surface area contributed by atoms with Gasteiger partial charge in [0.15, 0.2) is 0 Å². The van der Waals surface area contributed by atoms with Crippen LogP contribution in [0.15, 0.2) is 18.2 Å². The van der Waals surface area contributed by atoms with Crippen molar-refractivity contribution in [3.63, 3.8) is 0 Å². The first-order valence-corrected chi connectivity index (χ1v) is 10.9. The molecular weight excluding hydrogens is 425 g/mol. The Morgan fingerprint density at radius 2 is 1.91 bits per heavy atom. The van der Waals surface area contributed by atoms with Crippen molar-refractivity contribution in [2.24, 2.45) is 0 Å². The number of hydrogen-bond acceptors (Lipinski definition) is 3. The van der Waals surface area contributed by atoms with Crippen LogP contribution in [0, 0.1) is 19.7 Å². The highest BCUT2D eigenvalue weighted by Crippen LogP contribution is 2.34. The van der Waals surface area contributed by atoms with E-state index in [4.69, 9.17) is 0 Å². The highest BCUT2D eigenvalue weighted by molar-refractivity contribution is 6.34. The van der Waals surface area contributed by atoms with Gasteiger partial charge in [0.1, 0.15) is 5.82 Å². The fourth-order valence-corrected chi connectivity index (χ4v) is 4.46. The van der Waals surface area contributed by atoms with E-state index in [1.54, 1.807) is 30.0 Å². The van der Waals surface area contributed by atoms with E-state index in [9.17, 15) is 18.8 Å². The fraction of sp³-hybridized carbons (Fsp3) is 0.375. The Morgan fingerprint density at radius 1 is 1.21 bits per heavy atom. The van der Waals surface area contributed by atoms with Crippen molar-refractivity contribution in [3.8, 4) is 0 Å². The molecule has 33 heavy (non-hydrogen) atoms. The van der Waals surface area contributed by atoms with Crippen molar-refractivity contribution < 1.29 is 18.8 Å². The topological polar surface area (TPSA) is 97.5 Å². The molecule has 1 saturated heterocycles. The van der Waals surface area contributed by atoms with Crippen LogP contribution in [-0.2, 0) is 4.79 Å². The van der Waals surface area contributed by atoms with Crippen molar-refractivity contribution in [3.05, 3.63) is 52.1 Å². The highest BCUT2D eigenvalue weighted by Gasteiger charge is 2.28. The Morgan fingerprint density at radius 3 is 2.58 bits per heavy atom. The molecule has 4 amide bonds. The van der Waals surface area contributed by atoms with Gasteiger partial charge in [0.25, 0.3) is 11.8 Å². The standard InChI is InChI=1S/C24H28FN5O3/c1-13-20(12-18-17-11-15(25)5-6-19(17)28-22(18)31)26-14(2)21(13)23(32)27-16-7-9-30(10-8-16)24(33)29(3)4/h5-6,11-12,16,26H,7-10H2,1-4H3,(H,27,32)(H,28,31)/b18-12-. The van der Waals surface area contributed by atoms with Crippen LogP contribution in [0.2, 0.25) is 0 Å². The minimum Gasteiger partial charge on any atom is -0.358 e. The van der Waals surface area contributed by atoms with E-state index in [1.807, 2.05) is 13.8 Å². The molecule has 0 unspecified atom stereocenters. The number of H-pyrrole nitrogens is 1. The van der Waals surface area contributed by atoms with Gasteiger partial charge < -0.3 is 25.4 Å². The number of aromatic nitrogens is 1. The number of carbonyl (C=O) groups excluding carboxylic acids is 3. The van der Waals surface area contributed by atoms with Gasteiger partial charge in [0.2, 0.25) is 0 Å². The van der Waals surface area contributed by atoms with Crippen LogP contribution in [0.5, 0.6) is 0 Å². The van der Waals surface area contributed by atoms with Gasteiger partial charge in [0.05, 0.1) is 11.1 Å². The van der Waals surface area contributed by atoms with Gasteiger partial charge in [0, 0.05) is 55.9 Å². The number of nitrogens with one attached hydrogen (secondary N) is 3. The predicted molar refractivity (Wildman–Crippen MR) is 124 cm³/mol. The van der Waals surface area contributed by atoms with Gasteiger partial charge in [-0.2, -0.15) is 0 Å². The maximum atomic E-state index is 13.7. The van der Waals surface area contributed by atoms with Crippen molar-refractivity contribution in [1.82, 2.24) is 20.1 Å². The minimum atomic E-state index is -0.422. The van der Waals surface area contributed by atoms with Crippen molar-refractivity contribution in [1.29, 1.82) is 0 Å². The molecule has 2 aliphatic rings. The molecule has 0 aliphatic carbocycles. The Bertz CT molecular complexity index is 1160. The zero-order valence-corrected chi connectivity index (χ0v) is 19.2. The molecule has 2 aromatic rings. The first-order valence-electron chi connectivity index (χ1n) is 10.9. The number of fused-ring (bicyclic) bond motifs is 1. The summed E-state index contributed by atoms with van der Waals surface area (Å²) in [6, 6.07) is 4.12. The number of nitrogens with zero attached hydrogens (tertiary/aromatic N) is 2. The molecule has 0 atom stereocenters. The Kier molecular flexibility index (Phi) is 5.97. The molecule has 0 saturated carbocycles. The zero-order chi connectivity index (χ0) is 23.9. The number of hydrogen-bond donors (Lipinski definition) is 3. The fourth-order valence-electron chi connectivity index (χ4n) is 4.46. The largest absolute Gasteiger partial charge is 0.358 e. The van der Waals surface area contributed by atoms with E-state index in [0.717, 1.165) is 5.56 Å². The van der Waals surface area contributed by atoms with Crippen LogP contribution < -0.4 is 10.6 Å². The molecule has 0 spiro atoms. The monoisotopic (exact) mass is 453 g/mol. The molecule has 9 heteroatoms. The number of anilines is 1. The average molecular weight is 454 g/mol. The molecule has 3 N–H and O–H groups in total. The summed E-state index contributed by atoms with van der Waals surface area (Å²) in [6.07, 6.45) is 3.03. The molecule has 0 bridgehead atoms. The third-order valence-electron chi connectivity index (χ3n) is 6.24. The lowest BCUT2D eigenvalue weighted by Crippen LogP contribution is -2.49. The third-order valence-corrected chi connectivity index (χ3v) is 6.24. The molecule has 1 fully saturated rings. The summed E-state index contributed by atoms with van der Waals surface area (Å²) in [5, 5.41) is 5.82. The average Bonchev–Trinajstić information content (AvgIpc) is 3.23. The van der Waals surface area contributed by atoms with Crippen molar-refractivity contribution in [2.75, 3.05) is 32.5 Å². The molecule has 4 rings (SSSR count). The number of likely N-dealkylation sites (tertiary alicyclic amines) is 1. The number of aryl methyl sites for hydroxylation is 1. The smallest absolute Gasteiger partial charge is 0.319 e. The summed E-state index contributed by atoms with van der Waals surface area (Å²) in [6.45, 7) is 4.82. The maximum Gasteiger partial charge on any atom is 0.319 e. The Hall–Kier alpha value is -3.62. The van der Waals surface area contributed by atoms with Crippen LogP contribution in [0.1, 0.15) is 45.7 Å². The first kappa shape index (κ1) is 22.6. The van der Waals surface area contributed by atoms with Crippen molar-refractivity contribution >= 4 is 35.2 Å². The molecule has 1 aromatic heterocycles. The van der Waals surface area contributed by atoms with Gasteiger partial charge in [-0.15, -0.1) is 0 Å². The lowest BCUT2D eigenvalue weighted by Gasteiger charge is -2.34. The summed E-state index contributed by atoms with van der Waals surface area (Å²) in [5.41, 5.74) is 3.98. The summed E-state index contributed by atoms with van der Waals surface area (Å²) < 4.78 is 13.7. The van der Waals surface area contributed by atoms with Crippen LogP contribution in [0.4, 0.5) is 14.9 Å².